The van der Waals surface area contributed by atoms with E-state index in [1.165, 1.54) is 6.42 Å². The Kier molecular flexibility index (Phi) is 6.86. The van der Waals surface area contributed by atoms with Gasteiger partial charge in [0, 0.05) is 29.2 Å². The molecule has 3 amide bonds. The number of aryl methyl sites for hydroxylation is 2. The molecule has 1 aliphatic rings. The van der Waals surface area contributed by atoms with Crippen LogP contribution < -0.4 is 10.6 Å². The van der Waals surface area contributed by atoms with Gasteiger partial charge in [-0.25, -0.2) is 14.3 Å². The number of esters is 1. The monoisotopic (exact) mass is 451 g/mol. The zero-order valence-corrected chi connectivity index (χ0v) is 19.0. The summed E-state index contributed by atoms with van der Waals surface area (Å²) in [6.07, 6.45) is 5.69. The third kappa shape index (κ3) is 5.30. The molecule has 0 atom stereocenters. The summed E-state index contributed by atoms with van der Waals surface area (Å²) in [5.41, 5.74) is 4.32. The summed E-state index contributed by atoms with van der Waals surface area (Å²) >= 11 is 0. The Morgan fingerprint density at radius 2 is 1.88 bits per heavy atom. The minimum Gasteiger partial charge on any atom is -0.456 e. The number of carbonyl (C=O) groups is 3. The van der Waals surface area contributed by atoms with Gasteiger partial charge in [0.05, 0.1) is 5.52 Å². The highest BCUT2D eigenvalue weighted by Crippen LogP contribution is 2.23. The minimum absolute atomic E-state index is 0.0944. The topological polar surface area (TPSA) is 115 Å². The smallest absolute Gasteiger partial charge is 0.321 e. The number of hydrogen-bond donors (Lipinski definition) is 2. The first-order chi connectivity index (χ1) is 15.9. The molecule has 0 unspecified atom stereocenters. The summed E-state index contributed by atoms with van der Waals surface area (Å²) < 4.78 is 6.86. The normalized spacial score (nSPS) is 14.4. The molecule has 1 aromatic carbocycles. The molecule has 0 radical (unpaired) electrons. The van der Waals surface area contributed by atoms with Crippen molar-refractivity contribution in [2.24, 2.45) is 0 Å². The van der Waals surface area contributed by atoms with Crippen molar-refractivity contribution in [2.45, 2.75) is 64.8 Å². The van der Waals surface area contributed by atoms with Crippen LogP contribution in [0.1, 0.15) is 55.5 Å². The number of hydrogen-bond acceptors (Lipinski definition) is 6. The number of amides is 3. The van der Waals surface area contributed by atoms with Gasteiger partial charge in [0.15, 0.2) is 12.3 Å². The van der Waals surface area contributed by atoms with Crippen LogP contribution >= 0.6 is 0 Å². The molecule has 0 bridgehead atoms. The number of ether oxygens (including phenoxy) is 1. The van der Waals surface area contributed by atoms with E-state index in [1.54, 1.807) is 4.52 Å². The molecule has 3 aromatic rings. The van der Waals surface area contributed by atoms with Crippen LogP contribution in [0.4, 0.5) is 4.79 Å². The Morgan fingerprint density at radius 3 is 2.67 bits per heavy atom. The highest BCUT2D eigenvalue weighted by Gasteiger charge is 2.18. The lowest BCUT2D eigenvalue weighted by atomic mass is 9.96. The summed E-state index contributed by atoms with van der Waals surface area (Å²) in [6, 6.07) is 7.37. The van der Waals surface area contributed by atoms with Crippen molar-refractivity contribution in [1.82, 2.24) is 25.2 Å². The maximum Gasteiger partial charge on any atom is 0.321 e. The first kappa shape index (κ1) is 22.7. The third-order valence-electron chi connectivity index (χ3n) is 6.15. The number of carbonyl (C=O) groups excluding carboxylic acids is 3. The lowest BCUT2D eigenvalue weighted by Gasteiger charge is -2.22. The van der Waals surface area contributed by atoms with E-state index in [1.807, 2.05) is 38.1 Å². The number of rotatable bonds is 6. The van der Waals surface area contributed by atoms with E-state index >= 15 is 0 Å². The molecule has 2 heterocycles. The molecule has 9 nitrogen and oxygen atoms in total. The number of aromatic nitrogens is 3. The number of imide groups is 1. The molecule has 1 aliphatic carbocycles. The van der Waals surface area contributed by atoms with Crippen LogP contribution in [0, 0.1) is 13.8 Å². The lowest BCUT2D eigenvalue weighted by Crippen LogP contribution is -2.46. The van der Waals surface area contributed by atoms with Gasteiger partial charge in [-0.3, -0.25) is 14.9 Å². The largest absolute Gasteiger partial charge is 0.456 e. The average molecular weight is 452 g/mol. The highest BCUT2D eigenvalue weighted by atomic mass is 16.5. The molecule has 4 rings (SSSR count). The van der Waals surface area contributed by atoms with Crippen LogP contribution in [0.25, 0.3) is 16.6 Å². The molecule has 0 spiro atoms. The Hall–Kier alpha value is -3.49. The minimum atomic E-state index is -0.643. The summed E-state index contributed by atoms with van der Waals surface area (Å²) in [4.78, 5) is 40.8. The van der Waals surface area contributed by atoms with Crippen LogP contribution in [-0.4, -0.2) is 45.2 Å². The van der Waals surface area contributed by atoms with Crippen molar-refractivity contribution < 1.29 is 19.1 Å². The fourth-order valence-corrected chi connectivity index (χ4v) is 4.41. The van der Waals surface area contributed by atoms with Crippen molar-refractivity contribution in [3.63, 3.8) is 0 Å². The van der Waals surface area contributed by atoms with Crippen molar-refractivity contribution in [3.05, 3.63) is 41.2 Å². The van der Waals surface area contributed by atoms with Gasteiger partial charge in [0.25, 0.3) is 5.91 Å². The van der Waals surface area contributed by atoms with E-state index in [0.29, 0.717) is 6.42 Å². The average Bonchev–Trinajstić information content (AvgIpc) is 3.17. The number of nitrogens with zero attached hydrogens (tertiary/aromatic N) is 3. The molecule has 1 saturated carbocycles. The zero-order valence-electron chi connectivity index (χ0n) is 19.0. The third-order valence-corrected chi connectivity index (χ3v) is 6.15. The maximum absolute atomic E-state index is 12.2. The molecule has 9 heteroatoms. The van der Waals surface area contributed by atoms with Crippen LogP contribution in [0.15, 0.2) is 24.3 Å². The van der Waals surface area contributed by atoms with Gasteiger partial charge < -0.3 is 10.1 Å². The maximum atomic E-state index is 12.2. The van der Waals surface area contributed by atoms with Gasteiger partial charge >= 0.3 is 12.0 Å². The zero-order chi connectivity index (χ0) is 23.4. The second kappa shape index (κ2) is 9.97. The Bertz CT molecular complexity index is 1200. The van der Waals surface area contributed by atoms with Gasteiger partial charge in [-0.2, -0.15) is 5.10 Å². The van der Waals surface area contributed by atoms with Crippen molar-refractivity contribution in [2.75, 3.05) is 6.61 Å². The molecule has 2 aromatic heterocycles. The Morgan fingerprint density at radius 1 is 1.12 bits per heavy atom. The van der Waals surface area contributed by atoms with Gasteiger partial charge in [-0.05, 0) is 50.8 Å². The summed E-state index contributed by atoms with van der Waals surface area (Å²) in [7, 11) is 0. The van der Waals surface area contributed by atoms with E-state index in [2.05, 4.69) is 15.7 Å². The molecule has 1 fully saturated rings. The van der Waals surface area contributed by atoms with E-state index < -0.39 is 24.5 Å². The van der Waals surface area contributed by atoms with E-state index in [0.717, 1.165) is 59.2 Å². The lowest BCUT2D eigenvalue weighted by molar-refractivity contribution is -0.148. The Balaban J connectivity index is 1.29. The van der Waals surface area contributed by atoms with E-state index in [9.17, 15) is 14.4 Å². The van der Waals surface area contributed by atoms with Gasteiger partial charge in [0.1, 0.15) is 0 Å². The van der Waals surface area contributed by atoms with Crippen molar-refractivity contribution in [3.8, 4) is 0 Å². The van der Waals surface area contributed by atoms with Crippen LogP contribution in [0.5, 0.6) is 0 Å². The van der Waals surface area contributed by atoms with Crippen molar-refractivity contribution in [1.29, 1.82) is 0 Å². The van der Waals surface area contributed by atoms with Crippen LogP contribution in [-0.2, 0) is 20.7 Å². The molecule has 33 heavy (non-hydrogen) atoms. The fourth-order valence-electron chi connectivity index (χ4n) is 4.41. The predicted octanol–water partition coefficient (Wildman–Crippen LogP) is 3.13. The van der Waals surface area contributed by atoms with Crippen LogP contribution in [0.2, 0.25) is 0 Å². The second-order valence-corrected chi connectivity index (χ2v) is 8.53. The quantitative estimate of drug-likeness (QED) is 0.557. The van der Waals surface area contributed by atoms with E-state index in [-0.39, 0.29) is 12.5 Å². The first-order valence-corrected chi connectivity index (χ1v) is 11.4. The number of nitrogens with one attached hydrogen (secondary N) is 2. The van der Waals surface area contributed by atoms with Crippen LogP contribution in [0.3, 0.4) is 0 Å². The number of benzene rings is 1. The van der Waals surface area contributed by atoms with E-state index in [4.69, 9.17) is 9.72 Å². The summed E-state index contributed by atoms with van der Waals surface area (Å²) in [6.45, 7) is 3.37. The highest BCUT2D eigenvalue weighted by molar-refractivity contribution is 5.95. The molecular weight excluding hydrogens is 422 g/mol. The van der Waals surface area contributed by atoms with Gasteiger partial charge in [0.2, 0.25) is 0 Å². The molecule has 2 N–H and O–H groups in total. The molecular formula is C24H29N5O4. The molecule has 0 aliphatic heterocycles. The van der Waals surface area contributed by atoms with Gasteiger partial charge in [-0.1, -0.05) is 31.4 Å². The fraction of sp³-hybridized carbons (Fsp3) is 0.458. The summed E-state index contributed by atoms with van der Waals surface area (Å²) in [5, 5.41) is 10.6. The number of fused-ring (bicyclic) bond motifs is 3. The van der Waals surface area contributed by atoms with Crippen molar-refractivity contribution >= 4 is 34.5 Å². The molecule has 174 valence electrons. The SMILES string of the molecule is Cc1nc2c3ccccc3nn2c(C)c1CCC(=O)OCC(=O)NC(=O)NC1CCCCC1. The summed E-state index contributed by atoms with van der Waals surface area (Å²) in [5.74, 6) is -1.15. The first-order valence-electron chi connectivity index (χ1n) is 11.4. The number of urea groups is 1. The molecule has 0 saturated heterocycles. The predicted molar refractivity (Wildman–Crippen MR) is 123 cm³/mol. The second-order valence-electron chi connectivity index (χ2n) is 8.53. The standard InChI is InChI=1S/C24H29N5O4/c1-15-18(16(2)29-23(25-15)19-10-6-7-11-20(19)28-29)12-13-22(31)33-14-21(30)27-24(32)26-17-8-4-3-5-9-17/h6-7,10-11,17H,3-5,8-9,12-14H2,1-2H3,(H2,26,27,30,32). The Labute approximate surface area is 191 Å². The van der Waals surface area contributed by atoms with Gasteiger partial charge in [-0.15, -0.1) is 0 Å².